The predicted molar refractivity (Wildman–Crippen MR) is 125 cm³/mol. The van der Waals surface area contributed by atoms with E-state index in [1.807, 2.05) is 79.0 Å². The molecular weight excluding hydrogens is 398 g/mol. The zero-order chi connectivity index (χ0) is 21.9. The number of para-hydroxylation sites is 1. The molecule has 0 saturated carbocycles. The average Bonchev–Trinajstić information content (AvgIpc) is 3.39. The van der Waals surface area contributed by atoms with Gasteiger partial charge >= 0.3 is 0 Å². The van der Waals surface area contributed by atoms with Crippen LogP contribution in [0, 0.1) is 0 Å². The first-order chi connectivity index (χ1) is 15.7. The van der Waals surface area contributed by atoms with Crippen LogP contribution in [0.1, 0.15) is 27.0 Å². The zero-order valence-corrected chi connectivity index (χ0v) is 17.8. The highest BCUT2D eigenvalue weighted by Crippen LogP contribution is 2.26. The fourth-order valence-corrected chi connectivity index (χ4v) is 4.49. The summed E-state index contributed by atoms with van der Waals surface area (Å²) < 4.78 is 0. The van der Waals surface area contributed by atoms with Crippen molar-refractivity contribution in [3.63, 3.8) is 0 Å². The van der Waals surface area contributed by atoms with Gasteiger partial charge in [0.15, 0.2) is 0 Å². The Balaban J connectivity index is 1.32. The molecule has 5 rings (SSSR count). The molecule has 0 bridgehead atoms. The van der Waals surface area contributed by atoms with E-state index < -0.39 is 6.04 Å². The van der Waals surface area contributed by atoms with Gasteiger partial charge in [0.05, 0.1) is 0 Å². The maximum atomic E-state index is 13.3. The molecule has 32 heavy (non-hydrogen) atoms. The minimum absolute atomic E-state index is 0.0756. The van der Waals surface area contributed by atoms with Crippen molar-refractivity contribution >= 4 is 22.7 Å². The first-order valence-corrected chi connectivity index (χ1v) is 11.0. The van der Waals surface area contributed by atoms with Gasteiger partial charge in [-0.1, -0.05) is 66.7 Å². The van der Waals surface area contributed by atoms with Crippen LogP contribution in [0.4, 0.5) is 0 Å². The molecule has 0 aliphatic carbocycles. The van der Waals surface area contributed by atoms with Gasteiger partial charge in [-0.2, -0.15) is 0 Å². The number of carbonyl (C=O) groups is 2. The number of benzene rings is 3. The summed E-state index contributed by atoms with van der Waals surface area (Å²) in [6, 6.07) is 25.1. The molecule has 1 aliphatic rings. The number of carbonyl (C=O) groups excluding carboxylic acids is 2. The predicted octanol–water partition coefficient (Wildman–Crippen LogP) is 4.09. The van der Waals surface area contributed by atoms with E-state index in [4.69, 9.17) is 0 Å². The highest BCUT2D eigenvalue weighted by atomic mass is 16.2. The van der Waals surface area contributed by atoms with Gasteiger partial charge in [-0.05, 0) is 35.2 Å². The molecule has 2 N–H and O–H groups in total. The summed E-state index contributed by atoms with van der Waals surface area (Å²) in [5.41, 5.74) is 4.97. The Bertz CT molecular complexity index is 1260. The van der Waals surface area contributed by atoms with Crippen LogP contribution in [0.25, 0.3) is 10.9 Å². The van der Waals surface area contributed by atoms with Crippen LogP contribution in [0.2, 0.25) is 0 Å². The highest BCUT2D eigenvalue weighted by Gasteiger charge is 2.36. The molecule has 160 valence electrons. The minimum Gasteiger partial charge on any atom is -0.361 e. The number of H-pyrrole nitrogens is 1. The molecule has 1 aliphatic heterocycles. The second-order valence-corrected chi connectivity index (χ2v) is 8.20. The molecule has 2 amide bonds. The molecule has 2 heterocycles. The normalized spacial score (nSPS) is 13.9. The molecule has 0 radical (unpaired) electrons. The third-order valence-corrected chi connectivity index (χ3v) is 6.17. The molecule has 0 unspecified atom stereocenters. The molecule has 5 heteroatoms. The van der Waals surface area contributed by atoms with Crippen LogP contribution in [0.15, 0.2) is 85.1 Å². The van der Waals surface area contributed by atoms with E-state index in [-0.39, 0.29) is 11.8 Å². The molecular formula is C27H25N3O2. The van der Waals surface area contributed by atoms with Gasteiger partial charge in [0.1, 0.15) is 6.04 Å². The van der Waals surface area contributed by atoms with Crippen LogP contribution >= 0.6 is 0 Å². The van der Waals surface area contributed by atoms with Crippen molar-refractivity contribution in [3.8, 4) is 0 Å². The van der Waals surface area contributed by atoms with Crippen molar-refractivity contribution in [2.75, 3.05) is 6.54 Å². The topological polar surface area (TPSA) is 65.2 Å². The quantitative estimate of drug-likeness (QED) is 0.470. The summed E-state index contributed by atoms with van der Waals surface area (Å²) in [5.74, 6) is -0.192. The van der Waals surface area contributed by atoms with E-state index in [2.05, 4.69) is 16.4 Å². The number of nitrogens with one attached hydrogen (secondary N) is 2. The number of hydrogen-bond acceptors (Lipinski definition) is 2. The van der Waals surface area contributed by atoms with Crippen molar-refractivity contribution in [2.45, 2.75) is 25.4 Å². The van der Waals surface area contributed by atoms with Gasteiger partial charge in [0.25, 0.3) is 5.91 Å². The van der Waals surface area contributed by atoms with Gasteiger partial charge in [0, 0.05) is 42.2 Å². The van der Waals surface area contributed by atoms with Gasteiger partial charge < -0.3 is 15.2 Å². The van der Waals surface area contributed by atoms with Crippen molar-refractivity contribution in [2.24, 2.45) is 0 Å². The third-order valence-electron chi connectivity index (χ3n) is 6.17. The number of rotatable bonds is 7. The summed E-state index contributed by atoms with van der Waals surface area (Å²) in [6.07, 6.45) is 3.21. The molecule has 3 aromatic carbocycles. The maximum absolute atomic E-state index is 13.3. The lowest BCUT2D eigenvalue weighted by Gasteiger charge is -2.27. The zero-order valence-electron chi connectivity index (χ0n) is 17.8. The number of aromatic amines is 1. The summed E-state index contributed by atoms with van der Waals surface area (Å²) in [7, 11) is 0. The smallest absolute Gasteiger partial charge is 0.255 e. The lowest BCUT2D eigenvalue weighted by atomic mass is 10.0. The Morgan fingerprint density at radius 1 is 0.969 bits per heavy atom. The maximum Gasteiger partial charge on any atom is 0.255 e. The highest BCUT2D eigenvalue weighted by molar-refractivity contribution is 6.01. The van der Waals surface area contributed by atoms with Crippen LogP contribution in [-0.4, -0.2) is 34.3 Å². The molecule has 0 saturated heterocycles. The Morgan fingerprint density at radius 2 is 1.72 bits per heavy atom. The van der Waals surface area contributed by atoms with Gasteiger partial charge in [0.2, 0.25) is 5.91 Å². The van der Waals surface area contributed by atoms with E-state index in [0.717, 1.165) is 23.1 Å². The van der Waals surface area contributed by atoms with E-state index in [9.17, 15) is 9.59 Å². The molecule has 1 aromatic heterocycles. The minimum atomic E-state index is -0.555. The number of nitrogens with zero attached hydrogens (tertiary/aromatic N) is 1. The Labute approximate surface area is 187 Å². The van der Waals surface area contributed by atoms with Gasteiger partial charge in [-0.3, -0.25) is 9.59 Å². The van der Waals surface area contributed by atoms with Crippen LogP contribution in [0.3, 0.4) is 0 Å². The second-order valence-electron chi connectivity index (χ2n) is 8.20. The molecule has 0 fully saturated rings. The number of fused-ring (bicyclic) bond motifs is 2. The van der Waals surface area contributed by atoms with E-state index in [1.165, 1.54) is 10.9 Å². The molecule has 1 atom stereocenters. The van der Waals surface area contributed by atoms with Crippen LogP contribution in [0.5, 0.6) is 0 Å². The standard InChI is InChI=1S/C27H25N3O2/c31-26(28-15-14-20-17-29-24-13-7-6-11-22(20)24)25(16-19-8-2-1-3-9-19)30-18-21-10-4-5-12-23(21)27(30)32/h1-13,17,25,29H,14-16,18H2,(H,28,31)/t25-/m1/s1. The number of amides is 2. The third kappa shape index (κ3) is 3.89. The fraction of sp³-hybridized carbons (Fsp3) is 0.185. The largest absolute Gasteiger partial charge is 0.361 e. The first-order valence-electron chi connectivity index (χ1n) is 11.0. The van der Waals surface area contributed by atoms with Crippen LogP contribution in [-0.2, 0) is 24.2 Å². The Morgan fingerprint density at radius 3 is 2.56 bits per heavy atom. The van der Waals surface area contributed by atoms with Crippen molar-refractivity contribution in [1.29, 1.82) is 0 Å². The summed E-state index contributed by atoms with van der Waals surface area (Å²) in [6.45, 7) is 0.976. The molecule has 0 spiro atoms. The number of hydrogen-bond donors (Lipinski definition) is 2. The van der Waals surface area contributed by atoms with Crippen LogP contribution < -0.4 is 5.32 Å². The summed E-state index contributed by atoms with van der Waals surface area (Å²) in [4.78, 5) is 31.4. The van der Waals surface area contributed by atoms with Crippen molar-refractivity contribution in [1.82, 2.24) is 15.2 Å². The Hall–Kier alpha value is -3.86. The Kier molecular flexibility index (Phi) is 5.46. The SMILES string of the molecule is O=C(NCCc1c[nH]c2ccccc12)[C@@H](Cc1ccccc1)N1Cc2ccccc2C1=O. The monoisotopic (exact) mass is 423 g/mol. The summed E-state index contributed by atoms with van der Waals surface area (Å²) in [5, 5.41) is 4.26. The molecule has 4 aromatic rings. The lowest BCUT2D eigenvalue weighted by molar-refractivity contribution is -0.125. The van der Waals surface area contributed by atoms with E-state index >= 15 is 0 Å². The second kappa shape index (κ2) is 8.71. The number of aromatic nitrogens is 1. The summed E-state index contributed by atoms with van der Waals surface area (Å²) >= 11 is 0. The fourth-order valence-electron chi connectivity index (χ4n) is 4.49. The van der Waals surface area contributed by atoms with Gasteiger partial charge in [-0.25, -0.2) is 0 Å². The van der Waals surface area contributed by atoms with E-state index in [1.54, 1.807) is 4.90 Å². The van der Waals surface area contributed by atoms with Crippen molar-refractivity contribution < 1.29 is 9.59 Å². The first kappa shape index (κ1) is 20.1. The average molecular weight is 424 g/mol. The van der Waals surface area contributed by atoms with Crippen molar-refractivity contribution in [3.05, 3.63) is 107 Å². The van der Waals surface area contributed by atoms with Gasteiger partial charge in [-0.15, -0.1) is 0 Å². The lowest BCUT2D eigenvalue weighted by Crippen LogP contribution is -2.48. The molecule has 5 nitrogen and oxygen atoms in total. The van der Waals surface area contributed by atoms with E-state index in [0.29, 0.717) is 25.1 Å².